The molecule has 4 aromatic rings. The van der Waals surface area contributed by atoms with Gasteiger partial charge in [-0.3, -0.25) is 9.40 Å². The highest BCUT2D eigenvalue weighted by Gasteiger charge is 2.22. The molecular weight excluding hydrogens is 416 g/mol. The first-order valence-electron chi connectivity index (χ1n) is 8.43. The number of aromatic nitrogens is 3. The van der Waals surface area contributed by atoms with Crippen LogP contribution in [-0.4, -0.2) is 23.2 Å². The standard InChI is InChI=1S/C19H17ClN4O2S2/c1-11-7-16(23-28(25,26)15-6-4-5-14(20)8-15)18-17(12(2)27-19(18)22-11)13-9-21-24(3)10-13/h4-10H,1-3H3,(H,22,23). The zero-order valence-corrected chi connectivity index (χ0v) is 17.8. The fourth-order valence-corrected chi connectivity index (χ4v) is 5.63. The number of pyridine rings is 1. The van der Waals surface area contributed by atoms with Crippen LogP contribution in [0.2, 0.25) is 5.02 Å². The van der Waals surface area contributed by atoms with Crippen molar-refractivity contribution in [1.29, 1.82) is 0 Å². The van der Waals surface area contributed by atoms with E-state index in [4.69, 9.17) is 11.6 Å². The lowest BCUT2D eigenvalue weighted by molar-refractivity contribution is 0.601. The van der Waals surface area contributed by atoms with Crippen molar-refractivity contribution in [2.24, 2.45) is 7.05 Å². The second-order valence-electron chi connectivity index (χ2n) is 6.49. The van der Waals surface area contributed by atoms with Crippen LogP contribution in [0, 0.1) is 13.8 Å². The van der Waals surface area contributed by atoms with Crippen LogP contribution in [0.5, 0.6) is 0 Å². The molecular formula is C19H17ClN4O2S2. The van der Waals surface area contributed by atoms with Gasteiger partial charge in [-0.05, 0) is 38.1 Å². The summed E-state index contributed by atoms with van der Waals surface area (Å²) in [6, 6.07) is 7.94. The van der Waals surface area contributed by atoms with Crippen molar-refractivity contribution < 1.29 is 8.42 Å². The molecule has 28 heavy (non-hydrogen) atoms. The minimum absolute atomic E-state index is 0.109. The fourth-order valence-electron chi connectivity index (χ4n) is 3.15. The molecule has 9 heteroatoms. The predicted octanol–water partition coefficient (Wildman–Crippen LogP) is 4.77. The topological polar surface area (TPSA) is 76.9 Å². The average molecular weight is 433 g/mol. The van der Waals surface area contributed by atoms with Gasteiger partial charge in [-0.1, -0.05) is 17.7 Å². The van der Waals surface area contributed by atoms with E-state index in [9.17, 15) is 8.42 Å². The molecule has 0 atom stereocenters. The molecule has 0 amide bonds. The highest BCUT2D eigenvalue weighted by Crippen LogP contribution is 2.42. The lowest BCUT2D eigenvalue weighted by atomic mass is 10.1. The molecule has 6 nitrogen and oxygen atoms in total. The number of nitrogens with one attached hydrogen (secondary N) is 1. The molecule has 0 aliphatic rings. The summed E-state index contributed by atoms with van der Waals surface area (Å²) in [5, 5.41) is 5.38. The van der Waals surface area contributed by atoms with E-state index >= 15 is 0 Å². The summed E-state index contributed by atoms with van der Waals surface area (Å²) in [6.45, 7) is 3.84. The molecule has 0 radical (unpaired) electrons. The predicted molar refractivity (Wildman–Crippen MR) is 114 cm³/mol. The molecule has 0 bridgehead atoms. The summed E-state index contributed by atoms with van der Waals surface area (Å²) >= 11 is 7.51. The van der Waals surface area contributed by atoms with E-state index in [1.165, 1.54) is 23.5 Å². The largest absolute Gasteiger partial charge is 0.279 e. The third-order valence-corrected chi connectivity index (χ3v) is 6.91. The smallest absolute Gasteiger partial charge is 0.261 e. The Bertz CT molecular complexity index is 1310. The second kappa shape index (κ2) is 6.88. The SMILES string of the molecule is Cc1cc(NS(=O)(=O)c2cccc(Cl)c2)c2c(-c3cnn(C)c3)c(C)sc2n1. The molecule has 144 valence electrons. The number of sulfonamides is 1. The van der Waals surface area contributed by atoms with Crippen molar-refractivity contribution >= 4 is 48.9 Å². The summed E-state index contributed by atoms with van der Waals surface area (Å²) in [5.41, 5.74) is 3.07. The number of aryl methyl sites for hydroxylation is 3. The lowest BCUT2D eigenvalue weighted by Gasteiger charge is -2.11. The maximum atomic E-state index is 13.0. The average Bonchev–Trinajstić information content (AvgIpc) is 3.16. The number of nitrogens with zero attached hydrogens (tertiary/aromatic N) is 3. The number of benzene rings is 1. The molecule has 0 aliphatic carbocycles. The number of hydrogen-bond acceptors (Lipinski definition) is 5. The Morgan fingerprint density at radius 1 is 1.21 bits per heavy atom. The number of hydrogen-bond donors (Lipinski definition) is 1. The van der Waals surface area contributed by atoms with Gasteiger partial charge < -0.3 is 0 Å². The van der Waals surface area contributed by atoms with Crippen LogP contribution < -0.4 is 4.72 Å². The Hall–Kier alpha value is -2.42. The normalized spacial score (nSPS) is 11.9. The second-order valence-corrected chi connectivity index (χ2v) is 9.81. The maximum absolute atomic E-state index is 13.0. The molecule has 4 rings (SSSR count). The fraction of sp³-hybridized carbons (Fsp3) is 0.158. The van der Waals surface area contributed by atoms with Gasteiger partial charge in [0, 0.05) is 45.4 Å². The van der Waals surface area contributed by atoms with Gasteiger partial charge in [0.15, 0.2) is 0 Å². The van der Waals surface area contributed by atoms with Gasteiger partial charge in [-0.2, -0.15) is 5.10 Å². The Labute approximate surface area is 171 Å². The van der Waals surface area contributed by atoms with E-state index in [0.29, 0.717) is 10.7 Å². The maximum Gasteiger partial charge on any atom is 0.261 e. The third kappa shape index (κ3) is 3.39. The van der Waals surface area contributed by atoms with E-state index in [2.05, 4.69) is 14.8 Å². The van der Waals surface area contributed by atoms with E-state index in [-0.39, 0.29) is 4.90 Å². The van der Waals surface area contributed by atoms with Crippen molar-refractivity contribution in [3.8, 4) is 11.1 Å². The summed E-state index contributed by atoms with van der Waals surface area (Å²) < 4.78 is 30.4. The van der Waals surface area contributed by atoms with Crippen molar-refractivity contribution in [2.75, 3.05) is 4.72 Å². The molecule has 3 aromatic heterocycles. The van der Waals surface area contributed by atoms with Crippen molar-refractivity contribution in [3.05, 3.63) is 58.3 Å². The Balaban J connectivity index is 1.92. The third-order valence-electron chi connectivity index (χ3n) is 4.31. The number of fused-ring (bicyclic) bond motifs is 1. The Kier molecular flexibility index (Phi) is 4.65. The minimum atomic E-state index is -3.81. The van der Waals surface area contributed by atoms with E-state index in [1.807, 2.05) is 27.1 Å². The van der Waals surface area contributed by atoms with Gasteiger partial charge in [0.1, 0.15) is 4.83 Å². The molecule has 0 fully saturated rings. The van der Waals surface area contributed by atoms with Crippen LogP contribution in [0.1, 0.15) is 10.6 Å². The summed E-state index contributed by atoms with van der Waals surface area (Å²) in [5.74, 6) is 0. The number of thiophene rings is 1. The van der Waals surface area contributed by atoms with E-state index < -0.39 is 10.0 Å². The Morgan fingerprint density at radius 2 is 2.00 bits per heavy atom. The van der Waals surface area contributed by atoms with E-state index in [0.717, 1.165) is 31.9 Å². The zero-order valence-electron chi connectivity index (χ0n) is 15.4. The quantitative estimate of drug-likeness (QED) is 0.504. The molecule has 1 N–H and O–H groups in total. The summed E-state index contributed by atoms with van der Waals surface area (Å²) in [4.78, 5) is 6.53. The molecule has 1 aromatic carbocycles. The molecule has 0 spiro atoms. The van der Waals surface area contributed by atoms with Crippen LogP contribution in [0.25, 0.3) is 21.3 Å². The number of halogens is 1. The lowest BCUT2D eigenvalue weighted by Crippen LogP contribution is -2.13. The summed E-state index contributed by atoms with van der Waals surface area (Å²) in [7, 11) is -1.96. The Morgan fingerprint density at radius 3 is 2.68 bits per heavy atom. The van der Waals surface area contributed by atoms with Crippen LogP contribution in [0.15, 0.2) is 47.6 Å². The van der Waals surface area contributed by atoms with Gasteiger partial charge in [0.05, 0.1) is 16.8 Å². The van der Waals surface area contributed by atoms with E-state index in [1.54, 1.807) is 29.1 Å². The van der Waals surface area contributed by atoms with Crippen LogP contribution in [-0.2, 0) is 17.1 Å². The summed E-state index contributed by atoms with van der Waals surface area (Å²) in [6.07, 6.45) is 3.67. The number of rotatable bonds is 4. The van der Waals surface area contributed by atoms with Crippen molar-refractivity contribution in [3.63, 3.8) is 0 Å². The van der Waals surface area contributed by atoms with Crippen LogP contribution in [0.4, 0.5) is 5.69 Å². The van der Waals surface area contributed by atoms with Gasteiger partial charge in [-0.15, -0.1) is 11.3 Å². The number of anilines is 1. The molecule has 0 aliphatic heterocycles. The highest BCUT2D eigenvalue weighted by atomic mass is 35.5. The minimum Gasteiger partial charge on any atom is -0.279 e. The zero-order chi connectivity index (χ0) is 20.1. The van der Waals surface area contributed by atoms with Gasteiger partial charge >= 0.3 is 0 Å². The van der Waals surface area contributed by atoms with Crippen molar-refractivity contribution in [2.45, 2.75) is 18.7 Å². The highest BCUT2D eigenvalue weighted by molar-refractivity contribution is 7.92. The van der Waals surface area contributed by atoms with Crippen molar-refractivity contribution in [1.82, 2.24) is 14.8 Å². The molecule has 3 heterocycles. The van der Waals surface area contributed by atoms with Crippen LogP contribution >= 0.6 is 22.9 Å². The first kappa shape index (κ1) is 18.9. The van der Waals surface area contributed by atoms with Gasteiger partial charge in [0.25, 0.3) is 10.0 Å². The first-order chi connectivity index (χ1) is 13.2. The van der Waals surface area contributed by atoms with Gasteiger partial charge in [-0.25, -0.2) is 13.4 Å². The first-order valence-corrected chi connectivity index (χ1v) is 11.1. The molecule has 0 unspecified atom stereocenters. The van der Waals surface area contributed by atoms with Gasteiger partial charge in [0.2, 0.25) is 0 Å². The molecule has 0 saturated carbocycles. The molecule has 0 saturated heterocycles. The van der Waals surface area contributed by atoms with Crippen LogP contribution in [0.3, 0.4) is 0 Å². The monoisotopic (exact) mass is 432 g/mol.